The topological polar surface area (TPSA) is 29.4 Å². The zero-order valence-electron chi connectivity index (χ0n) is 12.8. The summed E-state index contributed by atoms with van der Waals surface area (Å²) in [6.07, 6.45) is 12.5. The van der Waals surface area contributed by atoms with Gasteiger partial charge < -0.3 is 0 Å². The average Bonchev–Trinajstić information content (AvgIpc) is 2.34. The molecule has 0 bridgehead atoms. The number of nitrogens with zero attached hydrogens (tertiary/aromatic N) is 1. The Balaban J connectivity index is 0.000000362. The smallest absolute Gasteiger partial charge is 0.211 e. The molecule has 0 aromatic heterocycles. The minimum absolute atomic E-state index is 0.292. The van der Waals surface area contributed by atoms with E-state index >= 15 is 0 Å². The van der Waals surface area contributed by atoms with E-state index in [-0.39, 0.29) is 0 Å². The van der Waals surface area contributed by atoms with Gasteiger partial charge in [-0.25, -0.2) is 9.79 Å². The molecule has 0 saturated heterocycles. The number of rotatable bonds is 5. The Morgan fingerprint density at radius 1 is 1.47 bits per heavy atom. The second-order valence-electron chi connectivity index (χ2n) is 5.56. The fourth-order valence-corrected chi connectivity index (χ4v) is 2.07. The Hall–Kier alpha value is -1.40. The van der Waals surface area contributed by atoms with E-state index in [1.165, 1.54) is 23.6 Å². The van der Waals surface area contributed by atoms with Crippen LogP contribution in [-0.4, -0.2) is 12.6 Å². The van der Waals surface area contributed by atoms with Gasteiger partial charge in [-0.2, -0.15) is 0 Å². The van der Waals surface area contributed by atoms with Crippen LogP contribution < -0.4 is 0 Å². The highest BCUT2D eigenvalue weighted by atomic mass is 16.1. The van der Waals surface area contributed by atoms with Crippen molar-refractivity contribution in [2.45, 2.75) is 53.4 Å². The van der Waals surface area contributed by atoms with Crippen LogP contribution in [0.5, 0.6) is 0 Å². The standard InChI is InChI=1S/C11H16.C6H11NO/c1-9(2)10-7-5-6-8-11(10,3)4;1-2-3-4-5-7-6-8/h5-7H,1,8H2,2-4H3;2-5H2,1H3. The van der Waals surface area contributed by atoms with Gasteiger partial charge in [0.15, 0.2) is 0 Å². The summed E-state index contributed by atoms with van der Waals surface area (Å²) in [5, 5.41) is 0. The number of isocyanates is 1. The predicted octanol–water partition coefficient (Wildman–Crippen LogP) is 4.99. The average molecular weight is 261 g/mol. The Morgan fingerprint density at radius 2 is 2.16 bits per heavy atom. The number of allylic oxidation sites excluding steroid dienone is 5. The summed E-state index contributed by atoms with van der Waals surface area (Å²) in [7, 11) is 0. The minimum atomic E-state index is 0.292. The van der Waals surface area contributed by atoms with E-state index < -0.39 is 0 Å². The first-order chi connectivity index (χ1) is 8.95. The van der Waals surface area contributed by atoms with Gasteiger partial charge in [-0.05, 0) is 30.8 Å². The van der Waals surface area contributed by atoms with Crippen molar-refractivity contribution in [1.82, 2.24) is 0 Å². The summed E-state index contributed by atoms with van der Waals surface area (Å²) in [5.74, 6) is 0. The maximum atomic E-state index is 9.48. The molecule has 0 amide bonds. The molecular weight excluding hydrogens is 234 g/mol. The largest absolute Gasteiger partial charge is 0.234 e. The van der Waals surface area contributed by atoms with Crippen LogP contribution in [0.2, 0.25) is 0 Å². The van der Waals surface area contributed by atoms with Gasteiger partial charge in [0.1, 0.15) is 0 Å². The Kier molecular flexibility index (Phi) is 8.82. The number of carbonyl (C=O) groups excluding carboxylic acids is 1. The summed E-state index contributed by atoms with van der Waals surface area (Å²) < 4.78 is 0. The first kappa shape index (κ1) is 17.6. The van der Waals surface area contributed by atoms with Crippen molar-refractivity contribution in [3.8, 4) is 0 Å². The van der Waals surface area contributed by atoms with Crippen molar-refractivity contribution >= 4 is 6.08 Å². The third-order valence-electron chi connectivity index (χ3n) is 3.15. The van der Waals surface area contributed by atoms with Gasteiger partial charge >= 0.3 is 0 Å². The summed E-state index contributed by atoms with van der Waals surface area (Å²) >= 11 is 0. The summed E-state index contributed by atoms with van der Waals surface area (Å²) in [6, 6.07) is 0. The highest BCUT2D eigenvalue weighted by Gasteiger charge is 2.23. The fourth-order valence-electron chi connectivity index (χ4n) is 2.07. The van der Waals surface area contributed by atoms with Crippen LogP contribution in [0, 0.1) is 5.41 Å². The second kappa shape index (κ2) is 9.52. The fraction of sp³-hybridized carbons (Fsp3) is 0.588. The molecule has 0 heterocycles. The molecule has 0 N–H and O–H groups in total. The SMILES string of the molecule is C=C(C)C1=CC=CCC1(C)C.CCCCCN=C=O. The highest BCUT2D eigenvalue weighted by molar-refractivity contribution is 5.38. The Labute approximate surface area is 118 Å². The molecule has 0 aliphatic heterocycles. The Morgan fingerprint density at radius 3 is 2.58 bits per heavy atom. The van der Waals surface area contributed by atoms with Crippen molar-refractivity contribution < 1.29 is 4.79 Å². The third kappa shape index (κ3) is 7.58. The van der Waals surface area contributed by atoms with Gasteiger partial charge in [0.25, 0.3) is 0 Å². The zero-order valence-corrected chi connectivity index (χ0v) is 12.8. The second-order valence-corrected chi connectivity index (χ2v) is 5.56. The lowest BCUT2D eigenvalue weighted by atomic mass is 9.76. The van der Waals surface area contributed by atoms with Gasteiger partial charge in [-0.3, -0.25) is 0 Å². The molecule has 19 heavy (non-hydrogen) atoms. The number of unbranched alkanes of at least 4 members (excludes halogenated alkanes) is 2. The number of aliphatic imine (C=N–C) groups is 1. The van der Waals surface area contributed by atoms with Crippen LogP contribution in [0.25, 0.3) is 0 Å². The van der Waals surface area contributed by atoms with E-state index in [1.807, 2.05) is 0 Å². The van der Waals surface area contributed by atoms with E-state index in [1.54, 1.807) is 0 Å². The van der Waals surface area contributed by atoms with Crippen molar-refractivity contribution in [3.05, 3.63) is 36.0 Å². The normalized spacial score (nSPS) is 15.7. The summed E-state index contributed by atoms with van der Waals surface area (Å²) in [4.78, 5) is 12.9. The molecule has 1 aliphatic rings. The molecule has 2 nitrogen and oxygen atoms in total. The van der Waals surface area contributed by atoms with Crippen LogP contribution in [0.3, 0.4) is 0 Å². The van der Waals surface area contributed by atoms with Crippen molar-refractivity contribution in [2.75, 3.05) is 6.54 Å². The quantitative estimate of drug-likeness (QED) is 0.389. The summed E-state index contributed by atoms with van der Waals surface area (Å²) in [5.41, 5.74) is 2.87. The molecule has 0 saturated carbocycles. The predicted molar refractivity (Wildman–Crippen MR) is 82.9 cm³/mol. The lowest BCUT2D eigenvalue weighted by Gasteiger charge is -2.29. The first-order valence-electron chi connectivity index (χ1n) is 7.02. The van der Waals surface area contributed by atoms with Gasteiger partial charge in [-0.1, -0.05) is 64.0 Å². The van der Waals surface area contributed by atoms with Crippen LogP contribution in [0.4, 0.5) is 0 Å². The highest BCUT2D eigenvalue weighted by Crippen LogP contribution is 2.36. The third-order valence-corrected chi connectivity index (χ3v) is 3.15. The molecule has 0 aromatic carbocycles. The minimum Gasteiger partial charge on any atom is -0.211 e. The van der Waals surface area contributed by atoms with Gasteiger partial charge in [0.2, 0.25) is 6.08 Å². The molecule has 0 radical (unpaired) electrons. The molecule has 1 aliphatic carbocycles. The van der Waals surface area contributed by atoms with E-state index in [9.17, 15) is 4.79 Å². The molecule has 0 aromatic rings. The molecule has 0 spiro atoms. The zero-order chi connectivity index (χ0) is 14.7. The maximum Gasteiger partial charge on any atom is 0.234 e. The van der Waals surface area contributed by atoms with E-state index in [0.29, 0.717) is 12.0 Å². The van der Waals surface area contributed by atoms with Crippen LogP contribution in [-0.2, 0) is 4.79 Å². The van der Waals surface area contributed by atoms with Gasteiger partial charge in [-0.15, -0.1) is 0 Å². The van der Waals surface area contributed by atoms with Crippen LogP contribution in [0.15, 0.2) is 40.9 Å². The molecule has 0 fully saturated rings. The maximum absolute atomic E-state index is 9.48. The van der Waals surface area contributed by atoms with E-state index in [2.05, 4.69) is 57.5 Å². The number of hydrogen-bond donors (Lipinski definition) is 0. The van der Waals surface area contributed by atoms with Gasteiger partial charge in [0, 0.05) is 0 Å². The molecule has 0 atom stereocenters. The molecular formula is C17H27NO. The van der Waals surface area contributed by atoms with E-state index in [4.69, 9.17) is 0 Å². The molecule has 0 unspecified atom stereocenters. The first-order valence-corrected chi connectivity index (χ1v) is 7.02. The van der Waals surface area contributed by atoms with E-state index in [0.717, 1.165) is 19.3 Å². The Bertz CT molecular complexity index is 382. The number of hydrogen-bond acceptors (Lipinski definition) is 2. The van der Waals surface area contributed by atoms with Crippen LogP contribution >= 0.6 is 0 Å². The summed E-state index contributed by atoms with van der Waals surface area (Å²) in [6.45, 7) is 13.3. The van der Waals surface area contributed by atoms with Crippen molar-refractivity contribution in [3.63, 3.8) is 0 Å². The van der Waals surface area contributed by atoms with Crippen molar-refractivity contribution in [2.24, 2.45) is 10.4 Å². The lowest BCUT2D eigenvalue weighted by molar-refractivity contribution is 0.455. The van der Waals surface area contributed by atoms with Crippen molar-refractivity contribution in [1.29, 1.82) is 0 Å². The molecule has 106 valence electrons. The lowest BCUT2D eigenvalue weighted by Crippen LogP contribution is -2.16. The van der Waals surface area contributed by atoms with Crippen LogP contribution in [0.1, 0.15) is 53.4 Å². The molecule has 2 heteroatoms. The molecule has 1 rings (SSSR count). The van der Waals surface area contributed by atoms with Gasteiger partial charge in [0.05, 0.1) is 6.54 Å². The monoisotopic (exact) mass is 261 g/mol.